The molecule has 0 saturated heterocycles. The molecule has 0 amide bonds. The zero-order chi connectivity index (χ0) is 16.2. The molecule has 0 saturated carbocycles. The van der Waals surface area contributed by atoms with Crippen LogP contribution >= 0.6 is 22.9 Å². The Morgan fingerprint density at radius 3 is 2.83 bits per heavy atom. The molecule has 0 fully saturated rings. The molecule has 0 bridgehead atoms. The van der Waals surface area contributed by atoms with Crippen LogP contribution in [0.25, 0.3) is 21.6 Å². The minimum Gasteiger partial charge on any atom is -0.481 e. The van der Waals surface area contributed by atoms with Crippen LogP contribution in [-0.4, -0.2) is 27.6 Å². The number of nitrogens with one attached hydrogen (secondary N) is 1. The van der Waals surface area contributed by atoms with E-state index in [0.717, 1.165) is 15.8 Å². The van der Waals surface area contributed by atoms with Crippen molar-refractivity contribution in [1.82, 2.24) is 9.97 Å². The number of rotatable bonds is 6. The van der Waals surface area contributed by atoms with E-state index < -0.39 is 5.97 Å². The fourth-order valence-electron chi connectivity index (χ4n) is 2.21. The van der Waals surface area contributed by atoms with Crippen LogP contribution < -0.4 is 5.32 Å². The number of anilines is 1. The van der Waals surface area contributed by atoms with Crippen molar-refractivity contribution in [3.05, 3.63) is 40.7 Å². The van der Waals surface area contributed by atoms with E-state index >= 15 is 0 Å². The average Bonchev–Trinajstić information content (AvgIpc) is 2.97. The molecule has 0 unspecified atom stereocenters. The smallest absolute Gasteiger partial charge is 0.303 e. The van der Waals surface area contributed by atoms with Crippen LogP contribution in [0.1, 0.15) is 12.8 Å². The molecule has 1 aromatic carbocycles. The van der Waals surface area contributed by atoms with Crippen LogP contribution in [0.5, 0.6) is 0 Å². The third-order valence-electron chi connectivity index (χ3n) is 3.28. The van der Waals surface area contributed by atoms with Crippen LogP contribution in [0, 0.1) is 0 Å². The second-order valence-electron chi connectivity index (χ2n) is 4.93. The monoisotopic (exact) mass is 347 g/mol. The number of carboxylic acid groups (broad SMARTS) is 1. The van der Waals surface area contributed by atoms with E-state index in [9.17, 15) is 4.79 Å². The largest absolute Gasteiger partial charge is 0.481 e. The van der Waals surface area contributed by atoms with Crippen molar-refractivity contribution in [2.24, 2.45) is 0 Å². The van der Waals surface area contributed by atoms with Crippen molar-refractivity contribution in [2.75, 3.05) is 11.9 Å². The van der Waals surface area contributed by atoms with Crippen LogP contribution in [0.2, 0.25) is 5.02 Å². The van der Waals surface area contributed by atoms with E-state index in [2.05, 4.69) is 15.3 Å². The second kappa shape index (κ2) is 6.93. The van der Waals surface area contributed by atoms with E-state index in [0.29, 0.717) is 29.6 Å². The number of hydrogen-bond donors (Lipinski definition) is 2. The van der Waals surface area contributed by atoms with Gasteiger partial charge in [-0.05, 0) is 30.0 Å². The van der Waals surface area contributed by atoms with Gasteiger partial charge in [0.25, 0.3) is 0 Å². The van der Waals surface area contributed by atoms with Gasteiger partial charge in [0.15, 0.2) is 5.82 Å². The molecular formula is C16H14ClN3O2S. The molecule has 0 aliphatic rings. The second-order valence-corrected chi connectivity index (χ2v) is 6.26. The van der Waals surface area contributed by atoms with Crippen molar-refractivity contribution in [1.29, 1.82) is 0 Å². The fraction of sp³-hybridized carbons (Fsp3) is 0.188. The van der Waals surface area contributed by atoms with Gasteiger partial charge in [-0.2, -0.15) is 0 Å². The molecule has 118 valence electrons. The number of aliphatic carboxylic acids is 1. The quantitative estimate of drug-likeness (QED) is 0.650. The molecule has 23 heavy (non-hydrogen) atoms. The van der Waals surface area contributed by atoms with Gasteiger partial charge in [0, 0.05) is 18.4 Å². The summed E-state index contributed by atoms with van der Waals surface area (Å²) in [6, 6.07) is 9.52. The predicted molar refractivity (Wildman–Crippen MR) is 93.2 cm³/mol. The molecule has 0 spiro atoms. The Morgan fingerprint density at radius 2 is 2.09 bits per heavy atom. The Bertz CT molecular complexity index is 850. The zero-order valence-electron chi connectivity index (χ0n) is 12.1. The number of nitrogens with zero attached hydrogens (tertiary/aromatic N) is 2. The van der Waals surface area contributed by atoms with E-state index in [1.165, 1.54) is 11.3 Å². The number of benzene rings is 1. The lowest BCUT2D eigenvalue weighted by atomic mass is 10.2. The Labute approximate surface area is 142 Å². The first kappa shape index (κ1) is 15.7. The molecule has 3 rings (SSSR count). The van der Waals surface area contributed by atoms with Crippen LogP contribution in [0.3, 0.4) is 0 Å². The van der Waals surface area contributed by atoms with Crippen LogP contribution in [0.15, 0.2) is 35.7 Å². The maximum atomic E-state index is 10.6. The Kier molecular flexibility index (Phi) is 4.73. The van der Waals surface area contributed by atoms with Gasteiger partial charge in [-0.1, -0.05) is 23.7 Å². The fourth-order valence-corrected chi connectivity index (χ4v) is 3.29. The third kappa shape index (κ3) is 3.60. The minimum atomic E-state index is -0.801. The van der Waals surface area contributed by atoms with Crippen molar-refractivity contribution < 1.29 is 9.90 Å². The minimum absolute atomic E-state index is 0.125. The van der Waals surface area contributed by atoms with Crippen LogP contribution in [-0.2, 0) is 4.79 Å². The van der Waals surface area contributed by atoms with Gasteiger partial charge in [0.2, 0.25) is 0 Å². The molecule has 5 nitrogen and oxygen atoms in total. The molecule has 7 heteroatoms. The molecule has 0 atom stereocenters. The number of aromatic nitrogens is 2. The number of halogens is 1. The van der Waals surface area contributed by atoms with Gasteiger partial charge in [-0.3, -0.25) is 4.79 Å². The molecule has 0 aliphatic carbocycles. The summed E-state index contributed by atoms with van der Waals surface area (Å²) in [5, 5.41) is 15.4. The number of carboxylic acids is 1. The van der Waals surface area contributed by atoms with E-state index in [1.54, 1.807) is 0 Å². The lowest BCUT2D eigenvalue weighted by Gasteiger charge is -2.10. The Hall–Kier alpha value is -2.18. The summed E-state index contributed by atoms with van der Waals surface area (Å²) in [5.74, 6) is 0.468. The van der Waals surface area contributed by atoms with Gasteiger partial charge in [-0.25, -0.2) is 9.97 Å². The summed E-state index contributed by atoms with van der Waals surface area (Å²) in [5.41, 5.74) is 0.822. The highest BCUT2D eigenvalue weighted by molar-refractivity contribution is 7.14. The van der Waals surface area contributed by atoms with Gasteiger partial charge < -0.3 is 10.4 Å². The first-order valence-electron chi connectivity index (χ1n) is 7.11. The highest BCUT2D eigenvalue weighted by Gasteiger charge is 2.12. The highest BCUT2D eigenvalue weighted by atomic mass is 35.5. The van der Waals surface area contributed by atoms with Crippen molar-refractivity contribution >= 4 is 45.6 Å². The average molecular weight is 348 g/mol. The first-order valence-corrected chi connectivity index (χ1v) is 8.37. The zero-order valence-corrected chi connectivity index (χ0v) is 13.7. The van der Waals surface area contributed by atoms with Crippen molar-refractivity contribution in [3.8, 4) is 10.7 Å². The molecule has 2 N–H and O–H groups in total. The van der Waals surface area contributed by atoms with E-state index in [-0.39, 0.29) is 6.42 Å². The lowest BCUT2D eigenvalue weighted by molar-refractivity contribution is -0.137. The molecule has 2 heterocycles. The number of thiophene rings is 1. The predicted octanol–water partition coefficient (Wildman–Crippen LogP) is 4.29. The molecule has 0 aliphatic heterocycles. The Balaban J connectivity index is 1.94. The molecule has 2 aromatic heterocycles. The summed E-state index contributed by atoms with van der Waals surface area (Å²) in [6.07, 6.45) is 0.655. The number of hydrogen-bond acceptors (Lipinski definition) is 5. The number of carbonyl (C=O) groups is 1. The van der Waals surface area contributed by atoms with Gasteiger partial charge in [0.1, 0.15) is 5.82 Å². The van der Waals surface area contributed by atoms with Crippen molar-refractivity contribution in [3.63, 3.8) is 0 Å². The topological polar surface area (TPSA) is 75.1 Å². The number of fused-ring (bicyclic) bond motifs is 1. The molecular weight excluding hydrogens is 334 g/mol. The Morgan fingerprint density at radius 1 is 1.26 bits per heavy atom. The van der Waals surface area contributed by atoms with E-state index in [1.807, 2.05) is 35.7 Å². The number of para-hydroxylation sites is 1. The van der Waals surface area contributed by atoms with Gasteiger partial charge in [0.05, 0.1) is 15.4 Å². The molecule has 3 aromatic rings. The van der Waals surface area contributed by atoms with Crippen molar-refractivity contribution in [2.45, 2.75) is 12.8 Å². The summed E-state index contributed by atoms with van der Waals surface area (Å²) in [6.45, 7) is 0.533. The highest BCUT2D eigenvalue weighted by Crippen LogP contribution is 2.33. The third-order valence-corrected chi connectivity index (χ3v) is 4.62. The lowest BCUT2D eigenvalue weighted by Crippen LogP contribution is -2.07. The molecule has 0 radical (unpaired) electrons. The SMILES string of the molecule is O=C(O)CCCNc1nc(-c2sccc2Cl)nc2ccccc12. The van der Waals surface area contributed by atoms with E-state index in [4.69, 9.17) is 16.7 Å². The summed E-state index contributed by atoms with van der Waals surface area (Å²) in [7, 11) is 0. The first-order chi connectivity index (χ1) is 11.1. The van der Waals surface area contributed by atoms with Gasteiger partial charge in [-0.15, -0.1) is 11.3 Å². The van der Waals surface area contributed by atoms with Gasteiger partial charge >= 0.3 is 5.97 Å². The maximum Gasteiger partial charge on any atom is 0.303 e. The summed E-state index contributed by atoms with van der Waals surface area (Å²) >= 11 is 7.67. The normalized spacial score (nSPS) is 10.8. The standard InChI is InChI=1S/C16H14ClN3O2S/c17-11-7-9-23-14(11)16-19-12-5-2-1-4-10(12)15(20-16)18-8-3-6-13(21)22/h1-2,4-5,7,9H,3,6,8H2,(H,21,22)(H,18,19,20). The van der Waals surface area contributed by atoms with Crippen LogP contribution in [0.4, 0.5) is 5.82 Å². The summed E-state index contributed by atoms with van der Waals surface area (Å²) < 4.78 is 0. The maximum absolute atomic E-state index is 10.6. The summed E-state index contributed by atoms with van der Waals surface area (Å²) in [4.78, 5) is 20.6.